The van der Waals surface area contributed by atoms with Gasteiger partial charge in [-0.2, -0.15) is 4.98 Å². The van der Waals surface area contributed by atoms with Crippen molar-refractivity contribution in [1.82, 2.24) is 9.97 Å². The normalized spacial score (nSPS) is 11.3. The van der Waals surface area contributed by atoms with E-state index in [0.29, 0.717) is 25.4 Å². The third kappa shape index (κ3) is 4.52. The molecule has 118 valence electrons. The van der Waals surface area contributed by atoms with E-state index in [2.05, 4.69) is 15.3 Å². The topological polar surface area (TPSA) is 99.4 Å². The molecule has 1 N–H and O–H groups in total. The lowest BCUT2D eigenvalue weighted by atomic mass is 9.96. The average molecular weight is 298 g/mol. The number of aromatic nitrogens is 2. The van der Waals surface area contributed by atoms with Crippen LogP contribution in [0, 0.1) is 10.1 Å². The number of nitrogens with one attached hydrogen (secondary N) is 1. The van der Waals surface area contributed by atoms with E-state index >= 15 is 0 Å². The molecular weight excluding hydrogens is 276 g/mol. The predicted molar refractivity (Wildman–Crippen MR) is 78.9 cm³/mol. The Kier molecular flexibility index (Phi) is 5.83. The summed E-state index contributed by atoms with van der Waals surface area (Å²) in [6.45, 7) is 6.88. The van der Waals surface area contributed by atoms with Gasteiger partial charge in [-0.15, -0.1) is 0 Å². The molecule has 0 spiro atoms. The molecule has 0 aliphatic heterocycles. The lowest BCUT2D eigenvalue weighted by molar-refractivity contribution is -0.385. The van der Waals surface area contributed by atoms with Gasteiger partial charge in [-0.05, 0) is 6.42 Å². The number of anilines is 1. The monoisotopic (exact) mass is 298 g/mol. The fourth-order valence-corrected chi connectivity index (χ4v) is 1.62. The van der Waals surface area contributed by atoms with Crippen LogP contribution in [0.3, 0.4) is 0 Å². The van der Waals surface area contributed by atoms with Crippen molar-refractivity contribution < 1.29 is 14.4 Å². The van der Waals surface area contributed by atoms with Crippen LogP contribution in [0.5, 0.6) is 5.88 Å². The summed E-state index contributed by atoms with van der Waals surface area (Å²) in [5.74, 6) is 0.626. The van der Waals surface area contributed by atoms with Gasteiger partial charge in [-0.1, -0.05) is 20.8 Å². The molecule has 8 heteroatoms. The van der Waals surface area contributed by atoms with Gasteiger partial charge < -0.3 is 14.8 Å². The molecule has 1 aromatic heterocycles. The number of nitrogens with zero attached hydrogens (tertiary/aromatic N) is 3. The van der Waals surface area contributed by atoms with Crippen LogP contribution in [-0.2, 0) is 10.2 Å². The second-order valence-corrected chi connectivity index (χ2v) is 5.53. The molecule has 0 bridgehead atoms. The highest BCUT2D eigenvalue weighted by atomic mass is 16.6. The summed E-state index contributed by atoms with van der Waals surface area (Å²) in [6.07, 6.45) is 0.713. The molecule has 0 saturated heterocycles. The van der Waals surface area contributed by atoms with Gasteiger partial charge in [-0.3, -0.25) is 10.1 Å². The summed E-state index contributed by atoms with van der Waals surface area (Å²) in [4.78, 5) is 19.1. The molecule has 8 nitrogen and oxygen atoms in total. The van der Waals surface area contributed by atoms with Gasteiger partial charge in [0.15, 0.2) is 0 Å². The summed E-state index contributed by atoms with van der Waals surface area (Å²) in [6, 6.07) is 0. The van der Waals surface area contributed by atoms with Gasteiger partial charge in [0.2, 0.25) is 5.82 Å². The zero-order chi connectivity index (χ0) is 16.0. The van der Waals surface area contributed by atoms with Crippen molar-refractivity contribution in [3.63, 3.8) is 0 Å². The highest BCUT2D eigenvalue weighted by molar-refractivity contribution is 5.62. The molecule has 21 heavy (non-hydrogen) atoms. The molecule has 0 atom stereocenters. The average Bonchev–Trinajstić information content (AvgIpc) is 2.41. The second kappa shape index (κ2) is 7.16. The molecule has 1 heterocycles. The zero-order valence-corrected chi connectivity index (χ0v) is 13.1. The number of ether oxygens (including phenoxy) is 2. The van der Waals surface area contributed by atoms with E-state index in [1.807, 2.05) is 20.8 Å². The van der Waals surface area contributed by atoms with E-state index in [-0.39, 0.29) is 22.8 Å². The first-order chi connectivity index (χ1) is 9.81. The van der Waals surface area contributed by atoms with Crippen LogP contribution >= 0.6 is 0 Å². The van der Waals surface area contributed by atoms with Crippen molar-refractivity contribution in [2.45, 2.75) is 32.6 Å². The maximum atomic E-state index is 11.2. The summed E-state index contributed by atoms with van der Waals surface area (Å²) in [7, 11) is 2.96. The van der Waals surface area contributed by atoms with Crippen molar-refractivity contribution in [2.24, 2.45) is 0 Å². The van der Waals surface area contributed by atoms with Gasteiger partial charge in [0, 0.05) is 25.7 Å². The molecular formula is C13H22N4O4. The van der Waals surface area contributed by atoms with Crippen molar-refractivity contribution in [1.29, 1.82) is 0 Å². The van der Waals surface area contributed by atoms with Gasteiger partial charge in [0.25, 0.3) is 5.88 Å². The van der Waals surface area contributed by atoms with Crippen LogP contribution in [-0.4, -0.2) is 42.3 Å². The van der Waals surface area contributed by atoms with Crippen LogP contribution in [0.2, 0.25) is 0 Å². The SMILES string of the molecule is COCCCNc1nc(C(C)(C)C)nc(OC)c1[N+](=O)[O-]. The lowest BCUT2D eigenvalue weighted by Gasteiger charge is -2.18. The van der Waals surface area contributed by atoms with E-state index in [9.17, 15) is 10.1 Å². The van der Waals surface area contributed by atoms with Crippen molar-refractivity contribution in [3.05, 3.63) is 15.9 Å². The minimum Gasteiger partial charge on any atom is -0.476 e. The lowest BCUT2D eigenvalue weighted by Crippen LogP contribution is -2.19. The molecule has 0 radical (unpaired) electrons. The van der Waals surface area contributed by atoms with Crippen molar-refractivity contribution in [3.8, 4) is 5.88 Å². The van der Waals surface area contributed by atoms with Crippen molar-refractivity contribution >= 4 is 11.5 Å². The predicted octanol–water partition coefficient (Wildman–Crippen LogP) is 2.14. The molecule has 1 aromatic rings. The van der Waals surface area contributed by atoms with E-state index < -0.39 is 4.92 Å². The zero-order valence-electron chi connectivity index (χ0n) is 13.1. The number of hydrogen-bond acceptors (Lipinski definition) is 7. The van der Waals surface area contributed by atoms with Crippen LogP contribution in [0.25, 0.3) is 0 Å². The fraction of sp³-hybridized carbons (Fsp3) is 0.692. The fourth-order valence-electron chi connectivity index (χ4n) is 1.62. The van der Waals surface area contributed by atoms with Crippen LogP contribution in [0.4, 0.5) is 11.5 Å². The first-order valence-electron chi connectivity index (χ1n) is 6.65. The minimum absolute atomic E-state index is 0.0332. The Morgan fingerprint density at radius 3 is 2.43 bits per heavy atom. The first-order valence-corrected chi connectivity index (χ1v) is 6.65. The Labute approximate surface area is 124 Å². The van der Waals surface area contributed by atoms with E-state index in [0.717, 1.165) is 0 Å². The largest absolute Gasteiger partial charge is 0.476 e. The smallest absolute Gasteiger partial charge is 0.372 e. The quantitative estimate of drug-likeness (QED) is 0.467. The molecule has 0 unspecified atom stereocenters. The van der Waals surface area contributed by atoms with E-state index in [1.54, 1.807) is 7.11 Å². The molecule has 0 aliphatic carbocycles. The Balaban J connectivity index is 3.19. The molecule has 0 fully saturated rings. The van der Waals surface area contributed by atoms with E-state index in [1.165, 1.54) is 7.11 Å². The van der Waals surface area contributed by atoms with Crippen LogP contribution in [0.1, 0.15) is 33.0 Å². The van der Waals surface area contributed by atoms with Gasteiger partial charge >= 0.3 is 5.69 Å². The minimum atomic E-state index is -0.538. The van der Waals surface area contributed by atoms with Crippen LogP contribution in [0.15, 0.2) is 0 Å². The van der Waals surface area contributed by atoms with Gasteiger partial charge in [0.05, 0.1) is 12.0 Å². The molecule has 0 amide bonds. The number of nitro groups is 1. The first kappa shape index (κ1) is 17.1. The third-order valence-electron chi connectivity index (χ3n) is 2.72. The maximum Gasteiger partial charge on any atom is 0.372 e. The van der Waals surface area contributed by atoms with Crippen LogP contribution < -0.4 is 10.1 Å². The molecule has 1 rings (SSSR count). The number of rotatable bonds is 7. The summed E-state index contributed by atoms with van der Waals surface area (Å²) in [5.41, 5.74) is -0.589. The Morgan fingerprint density at radius 2 is 1.95 bits per heavy atom. The Morgan fingerprint density at radius 1 is 1.29 bits per heavy atom. The second-order valence-electron chi connectivity index (χ2n) is 5.53. The highest BCUT2D eigenvalue weighted by Crippen LogP contribution is 2.34. The van der Waals surface area contributed by atoms with Gasteiger partial charge in [0.1, 0.15) is 5.82 Å². The van der Waals surface area contributed by atoms with Gasteiger partial charge in [-0.25, -0.2) is 4.98 Å². The summed E-state index contributed by atoms with van der Waals surface area (Å²) in [5, 5.41) is 14.2. The molecule has 0 aromatic carbocycles. The highest BCUT2D eigenvalue weighted by Gasteiger charge is 2.29. The molecule has 0 saturated carbocycles. The number of hydrogen-bond donors (Lipinski definition) is 1. The molecule has 0 aliphatic rings. The standard InChI is InChI=1S/C13H22N4O4/c1-13(2,3)12-15-10(14-7-6-8-20-4)9(17(18)19)11(16-12)21-5/h6-8H2,1-5H3,(H,14,15,16). The Bertz CT molecular complexity index is 500. The third-order valence-corrected chi connectivity index (χ3v) is 2.72. The summed E-state index contributed by atoms with van der Waals surface area (Å²) >= 11 is 0. The number of methoxy groups -OCH3 is 2. The maximum absolute atomic E-state index is 11.2. The van der Waals surface area contributed by atoms with E-state index in [4.69, 9.17) is 9.47 Å². The van der Waals surface area contributed by atoms with Crippen molar-refractivity contribution in [2.75, 3.05) is 32.7 Å². The Hall–Kier alpha value is -1.96. The summed E-state index contributed by atoms with van der Waals surface area (Å²) < 4.78 is 10.0.